The Hall–Kier alpha value is -3.07. The molecule has 29 heavy (non-hydrogen) atoms. The largest absolute Gasteiger partial charge is 0.304 e. The molecule has 0 fully saturated rings. The summed E-state index contributed by atoms with van der Waals surface area (Å²) in [4.78, 5) is 2.36. The molecule has 3 heteroatoms. The van der Waals surface area contributed by atoms with Crippen molar-refractivity contribution < 1.29 is 0 Å². The lowest BCUT2D eigenvalue weighted by Crippen LogP contribution is -2.34. The third-order valence-corrected chi connectivity index (χ3v) is 6.02. The zero-order valence-electron chi connectivity index (χ0n) is 17.6. The highest BCUT2D eigenvalue weighted by Gasteiger charge is 2.34. The number of hydrazone groups is 1. The van der Waals surface area contributed by atoms with E-state index in [4.69, 9.17) is 5.10 Å². The Labute approximate surface area is 173 Å². The van der Waals surface area contributed by atoms with Crippen LogP contribution < -0.4 is 9.91 Å². The van der Waals surface area contributed by atoms with Crippen LogP contribution in [-0.2, 0) is 0 Å². The molecule has 146 valence electrons. The molecule has 0 atom stereocenters. The van der Waals surface area contributed by atoms with E-state index in [0.29, 0.717) is 11.8 Å². The van der Waals surface area contributed by atoms with Crippen molar-refractivity contribution in [3.63, 3.8) is 0 Å². The predicted octanol–water partition coefficient (Wildman–Crippen LogP) is 6.56. The zero-order valence-corrected chi connectivity index (χ0v) is 17.6. The van der Waals surface area contributed by atoms with Crippen molar-refractivity contribution >= 4 is 17.2 Å². The van der Waals surface area contributed by atoms with Crippen LogP contribution in [0.25, 0.3) is 11.1 Å². The number of hydrogen-bond acceptors (Lipinski definition) is 3. The molecule has 0 spiro atoms. The van der Waals surface area contributed by atoms with Gasteiger partial charge in [-0.25, -0.2) is 5.01 Å². The Kier molecular flexibility index (Phi) is 4.20. The van der Waals surface area contributed by atoms with E-state index in [-0.39, 0.29) is 0 Å². The van der Waals surface area contributed by atoms with Gasteiger partial charge in [0, 0.05) is 11.1 Å². The molecule has 0 amide bonds. The van der Waals surface area contributed by atoms with Crippen LogP contribution in [0.2, 0.25) is 0 Å². The smallest absolute Gasteiger partial charge is 0.163 e. The van der Waals surface area contributed by atoms with Gasteiger partial charge in [0.25, 0.3) is 0 Å². The van der Waals surface area contributed by atoms with Gasteiger partial charge in [-0.3, -0.25) is 0 Å². The van der Waals surface area contributed by atoms with Crippen molar-refractivity contribution in [2.75, 3.05) is 16.6 Å². The first-order chi connectivity index (χ1) is 14.0. The summed E-state index contributed by atoms with van der Waals surface area (Å²) in [7, 11) is 0. The van der Waals surface area contributed by atoms with Gasteiger partial charge in [-0.2, -0.15) is 5.10 Å². The summed E-state index contributed by atoms with van der Waals surface area (Å²) >= 11 is 0. The topological polar surface area (TPSA) is 18.8 Å². The molecule has 0 radical (unpaired) electrons. The Morgan fingerprint density at radius 3 is 2.07 bits per heavy atom. The van der Waals surface area contributed by atoms with Gasteiger partial charge in [0.1, 0.15) is 6.67 Å². The molecular weight excluding hydrogens is 354 g/mol. The molecule has 2 aliphatic heterocycles. The van der Waals surface area contributed by atoms with E-state index < -0.39 is 0 Å². The van der Waals surface area contributed by atoms with Crippen molar-refractivity contribution in [2.24, 2.45) is 5.10 Å². The first-order valence-electron chi connectivity index (χ1n) is 10.5. The lowest BCUT2D eigenvalue weighted by Gasteiger charge is -2.31. The summed E-state index contributed by atoms with van der Waals surface area (Å²) in [6.07, 6.45) is 0. The molecule has 0 saturated carbocycles. The normalized spacial score (nSPS) is 14.8. The number of fused-ring (bicyclic) bond motifs is 6. The molecule has 3 nitrogen and oxygen atoms in total. The molecule has 0 aromatic heterocycles. The fraction of sp³-hybridized carbons (Fsp3) is 0.269. The van der Waals surface area contributed by atoms with Gasteiger partial charge in [-0.05, 0) is 58.9 Å². The minimum absolute atomic E-state index is 0.490. The lowest BCUT2D eigenvalue weighted by molar-refractivity contribution is 0.863. The number of rotatable bonds is 3. The summed E-state index contributed by atoms with van der Waals surface area (Å²) in [5.41, 5.74) is 8.94. The molecule has 0 saturated heterocycles. The molecule has 3 aromatic carbocycles. The van der Waals surface area contributed by atoms with Crippen molar-refractivity contribution in [1.82, 2.24) is 0 Å². The van der Waals surface area contributed by atoms with Crippen LogP contribution in [0.3, 0.4) is 0 Å². The number of para-hydroxylation sites is 1. The van der Waals surface area contributed by atoms with E-state index in [9.17, 15) is 0 Å². The minimum Gasteiger partial charge on any atom is -0.304 e. The van der Waals surface area contributed by atoms with Gasteiger partial charge in [0.2, 0.25) is 0 Å². The van der Waals surface area contributed by atoms with Crippen LogP contribution in [0.1, 0.15) is 56.2 Å². The van der Waals surface area contributed by atoms with E-state index in [1.54, 1.807) is 0 Å². The number of amidine groups is 1. The highest BCUT2D eigenvalue weighted by molar-refractivity contribution is 6.20. The first kappa shape index (κ1) is 18.0. The molecule has 2 heterocycles. The maximum Gasteiger partial charge on any atom is 0.163 e. The third-order valence-electron chi connectivity index (χ3n) is 6.02. The van der Waals surface area contributed by atoms with E-state index in [1.807, 2.05) is 6.07 Å². The van der Waals surface area contributed by atoms with Crippen molar-refractivity contribution in [3.8, 4) is 11.1 Å². The average molecular weight is 382 g/mol. The van der Waals surface area contributed by atoms with E-state index in [0.717, 1.165) is 18.2 Å². The van der Waals surface area contributed by atoms with E-state index >= 15 is 0 Å². The SMILES string of the molecule is CC(C)c1ccc2c(c1)C1=NN(c3ccccc3)CN1c1ccc(C(C)C)cc1-2. The van der Waals surface area contributed by atoms with Crippen molar-refractivity contribution in [3.05, 3.63) is 83.4 Å². The summed E-state index contributed by atoms with van der Waals surface area (Å²) in [6.45, 7) is 9.75. The standard InChI is InChI=1S/C26H27N3/c1-17(2)19-10-12-22-23-14-20(18(3)4)11-13-25(23)28-16-29(21-8-6-5-7-9-21)27-26(28)24(22)15-19/h5-15,17-18H,16H2,1-4H3. The highest BCUT2D eigenvalue weighted by Crippen LogP contribution is 2.43. The fourth-order valence-corrected chi connectivity index (χ4v) is 4.23. The van der Waals surface area contributed by atoms with E-state index in [2.05, 4.69) is 98.3 Å². The number of benzene rings is 3. The van der Waals surface area contributed by atoms with Crippen LogP contribution in [0.15, 0.2) is 71.8 Å². The lowest BCUT2D eigenvalue weighted by atomic mass is 9.87. The van der Waals surface area contributed by atoms with Gasteiger partial charge in [0.15, 0.2) is 5.84 Å². The third kappa shape index (κ3) is 2.93. The zero-order chi connectivity index (χ0) is 20.1. The molecular formula is C26H27N3. The molecule has 0 bridgehead atoms. The maximum atomic E-state index is 5.05. The average Bonchev–Trinajstić information content (AvgIpc) is 3.19. The van der Waals surface area contributed by atoms with Gasteiger partial charge >= 0.3 is 0 Å². The number of nitrogens with zero attached hydrogens (tertiary/aromatic N) is 3. The molecule has 5 rings (SSSR count). The molecule has 2 aliphatic rings. The van der Waals surface area contributed by atoms with Crippen LogP contribution in [0.5, 0.6) is 0 Å². The highest BCUT2D eigenvalue weighted by atomic mass is 15.6. The Morgan fingerprint density at radius 2 is 1.38 bits per heavy atom. The monoisotopic (exact) mass is 381 g/mol. The van der Waals surface area contributed by atoms with Crippen LogP contribution in [-0.4, -0.2) is 12.5 Å². The second kappa shape index (κ2) is 6.77. The number of anilines is 2. The Bertz CT molecular complexity index is 1100. The summed E-state index contributed by atoms with van der Waals surface area (Å²) < 4.78 is 0. The van der Waals surface area contributed by atoms with Crippen LogP contribution in [0.4, 0.5) is 11.4 Å². The first-order valence-corrected chi connectivity index (χ1v) is 10.5. The fourth-order valence-electron chi connectivity index (χ4n) is 4.23. The van der Waals surface area contributed by atoms with Crippen LogP contribution in [0, 0.1) is 0 Å². The van der Waals surface area contributed by atoms with Crippen LogP contribution >= 0.6 is 0 Å². The molecule has 3 aromatic rings. The summed E-state index contributed by atoms with van der Waals surface area (Å²) in [5, 5.41) is 7.16. The summed E-state index contributed by atoms with van der Waals surface area (Å²) in [5.74, 6) is 2.05. The van der Waals surface area contributed by atoms with Crippen molar-refractivity contribution in [1.29, 1.82) is 0 Å². The van der Waals surface area contributed by atoms with E-state index in [1.165, 1.54) is 33.5 Å². The second-order valence-corrected chi connectivity index (χ2v) is 8.62. The number of hydrogen-bond donors (Lipinski definition) is 0. The van der Waals surface area contributed by atoms with Gasteiger partial charge in [0.05, 0.1) is 11.4 Å². The predicted molar refractivity (Wildman–Crippen MR) is 123 cm³/mol. The molecule has 0 N–H and O–H groups in total. The molecule has 0 unspecified atom stereocenters. The minimum atomic E-state index is 0.490. The second-order valence-electron chi connectivity index (χ2n) is 8.62. The van der Waals surface area contributed by atoms with Gasteiger partial charge in [-0.15, -0.1) is 0 Å². The Balaban J connectivity index is 1.71. The van der Waals surface area contributed by atoms with Gasteiger partial charge in [-0.1, -0.05) is 64.1 Å². The quantitative estimate of drug-likeness (QED) is 0.511. The maximum absolute atomic E-state index is 5.05. The van der Waals surface area contributed by atoms with Crippen molar-refractivity contribution in [2.45, 2.75) is 39.5 Å². The molecule has 0 aliphatic carbocycles. The Morgan fingerprint density at radius 1 is 0.724 bits per heavy atom. The summed E-state index contributed by atoms with van der Waals surface area (Å²) in [6, 6.07) is 24.2. The van der Waals surface area contributed by atoms with Gasteiger partial charge < -0.3 is 4.90 Å².